The summed E-state index contributed by atoms with van der Waals surface area (Å²) in [5.41, 5.74) is 2.01. The lowest BCUT2D eigenvalue weighted by Gasteiger charge is -2.28. The highest BCUT2D eigenvalue weighted by molar-refractivity contribution is 6.31. The number of nitrogens with zero attached hydrogens (tertiary/aromatic N) is 1. The van der Waals surface area contributed by atoms with Crippen molar-refractivity contribution in [1.29, 1.82) is 0 Å². The van der Waals surface area contributed by atoms with Crippen LogP contribution in [-0.2, 0) is 4.79 Å². The number of anilines is 1. The van der Waals surface area contributed by atoms with Crippen molar-refractivity contribution in [1.82, 2.24) is 0 Å². The molecule has 4 heteroatoms. The molecule has 0 bridgehead atoms. The largest absolute Gasteiger partial charge is 0.481 e. The molecule has 1 rings (SSSR count). The predicted molar refractivity (Wildman–Crippen MR) is 80.0 cm³/mol. The van der Waals surface area contributed by atoms with Crippen molar-refractivity contribution in [3.05, 3.63) is 28.8 Å². The molecule has 0 saturated carbocycles. The summed E-state index contributed by atoms with van der Waals surface area (Å²) in [5, 5.41) is 9.77. The molecule has 106 valence electrons. The Bertz CT molecular complexity index is 446. The van der Waals surface area contributed by atoms with E-state index < -0.39 is 11.9 Å². The third kappa shape index (κ3) is 4.75. The van der Waals surface area contributed by atoms with Crippen LogP contribution in [0.1, 0.15) is 26.3 Å². The molecule has 0 aliphatic heterocycles. The highest BCUT2D eigenvalue weighted by Crippen LogP contribution is 2.24. The maximum absolute atomic E-state index is 11.0. The number of aliphatic carboxylic acids is 1. The lowest BCUT2D eigenvalue weighted by Crippen LogP contribution is -2.34. The zero-order chi connectivity index (χ0) is 14.6. The molecule has 0 aromatic heterocycles. The molecule has 0 heterocycles. The summed E-state index contributed by atoms with van der Waals surface area (Å²) in [5.74, 6) is -0.716. The van der Waals surface area contributed by atoms with Gasteiger partial charge in [0.1, 0.15) is 0 Å². The summed E-state index contributed by atoms with van der Waals surface area (Å²) >= 11 is 6.15. The van der Waals surface area contributed by atoms with Gasteiger partial charge in [-0.1, -0.05) is 38.4 Å². The smallest absolute Gasteiger partial charge is 0.308 e. The minimum absolute atomic E-state index is 0.404. The van der Waals surface area contributed by atoms with Crippen molar-refractivity contribution in [2.45, 2.75) is 27.7 Å². The van der Waals surface area contributed by atoms with Crippen LogP contribution in [0.2, 0.25) is 5.02 Å². The number of aryl methyl sites for hydroxylation is 1. The first-order valence-corrected chi connectivity index (χ1v) is 6.93. The topological polar surface area (TPSA) is 40.5 Å². The van der Waals surface area contributed by atoms with E-state index in [0.717, 1.165) is 17.8 Å². The summed E-state index contributed by atoms with van der Waals surface area (Å²) in [7, 11) is 0. The van der Waals surface area contributed by atoms with E-state index >= 15 is 0 Å². The fourth-order valence-corrected chi connectivity index (χ4v) is 2.09. The van der Waals surface area contributed by atoms with Gasteiger partial charge in [0.05, 0.1) is 5.92 Å². The van der Waals surface area contributed by atoms with Crippen LogP contribution >= 0.6 is 11.6 Å². The molecule has 0 saturated heterocycles. The third-order valence-electron chi connectivity index (χ3n) is 3.02. The highest BCUT2D eigenvalue weighted by atomic mass is 35.5. The molecule has 0 radical (unpaired) electrons. The molecule has 0 amide bonds. The van der Waals surface area contributed by atoms with Gasteiger partial charge in [-0.25, -0.2) is 0 Å². The maximum Gasteiger partial charge on any atom is 0.308 e. The average Bonchev–Trinajstić information content (AvgIpc) is 2.31. The Kier molecular flexibility index (Phi) is 5.67. The number of rotatable bonds is 6. The van der Waals surface area contributed by atoms with Crippen molar-refractivity contribution < 1.29 is 9.90 Å². The summed E-state index contributed by atoms with van der Waals surface area (Å²) in [6.07, 6.45) is 0. The van der Waals surface area contributed by atoms with Gasteiger partial charge in [0, 0.05) is 23.8 Å². The minimum Gasteiger partial charge on any atom is -0.481 e. The van der Waals surface area contributed by atoms with Gasteiger partial charge < -0.3 is 10.0 Å². The summed E-state index contributed by atoms with van der Waals surface area (Å²) in [6.45, 7) is 9.23. The molecule has 0 spiro atoms. The van der Waals surface area contributed by atoms with Gasteiger partial charge in [0.15, 0.2) is 0 Å². The number of hydrogen-bond donors (Lipinski definition) is 1. The molecule has 1 N–H and O–H groups in total. The van der Waals surface area contributed by atoms with E-state index in [2.05, 4.69) is 18.7 Å². The molecule has 0 aliphatic rings. The van der Waals surface area contributed by atoms with E-state index in [4.69, 9.17) is 16.7 Å². The van der Waals surface area contributed by atoms with Gasteiger partial charge in [0.2, 0.25) is 0 Å². The van der Waals surface area contributed by atoms with Gasteiger partial charge in [-0.2, -0.15) is 0 Å². The summed E-state index contributed by atoms with van der Waals surface area (Å²) in [4.78, 5) is 13.1. The van der Waals surface area contributed by atoms with E-state index in [1.54, 1.807) is 6.92 Å². The van der Waals surface area contributed by atoms with Crippen LogP contribution in [-0.4, -0.2) is 24.2 Å². The van der Waals surface area contributed by atoms with Gasteiger partial charge in [0.25, 0.3) is 0 Å². The van der Waals surface area contributed by atoms with Crippen LogP contribution in [0.15, 0.2) is 18.2 Å². The van der Waals surface area contributed by atoms with E-state index in [1.807, 2.05) is 25.1 Å². The zero-order valence-corrected chi connectivity index (χ0v) is 12.7. The Hall–Kier alpha value is -1.22. The monoisotopic (exact) mass is 283 g/mol. The molecular formula is C15H22ClNO2. The van der Waals surface area contributed by atoms with Gasteiger partial charge in [-0.3, -0.25) is 4.79 Å². The van der Waals surface area contributed by atoms with E-state index in [1.165, 1.54) is 0 Å². The molecule has 1 atom stereocenters. The summed E-state index contributed by atoms with van der Waals surface area (Å²) < 4.78 is 0. The van der Waals surface area contributed by atoms with Crippen LogP contribution in [0.25, 0.3) is 0 Å². The highest BCUT2D eigenvalue weighted by Gasteiger charge is 2.18. The lowest BCUT2D eigenvalue weighted by molar-refractivity contribution is -0.140. The van der Waals surface area contributed by atoms with Crippen molar-refractivity contribution in [2.24, 2.45) is 11.8 Å². The van der Waals surface area contributed by atoms with Crippen molar-refractivity contribution in [3.63, 3.8) is 0 Å². The fourth-order valence-electron chi connectivity index (χ4n) is 1.91. The van der Waals surface area contributed by atoms with Crippen LogP contribution < -0.4 is 4.90 Å². The first-order chi connectivity index (χ1) is 8.81. The number of benzene rings is 1. The zero-order valence-electron chi connectivity index (χ0n) is 12.0. The van der Waals surface area contributed by atoms with Gasteiger partial charge in [-0.15, -0.1) is 0 Å². The van der Waals surface area contributed by atoms with Crippen LogP contribution in [0.5, 0.6) is 0 Å². The third-order valence-corrected chi connectivity index (χ3v) is 3.43. The molecule has 3 nitrogen and oxygen atoms in total. The van der Waals surface area contributed by atoms with E-state index in [0.29, 0.717) is 17.5 Å². The number of hydrogen-bond acceptors (Lipinski definition) is 2. The second-order valence-electron chi connectivity index (χ2n) is 5.47. The van der Waals surface area contributed by atoms with Crippen LogP contribution in [0.4, 0.5) is 5.69 Å². The minimum atomic E-state index is -0.771. The van der Waals surface area contributed by atoms with E-state index in [-0.39, 0.29) is 0 Å². The molecule has 0 fully saturated rings. The second kappa shape index (κ2) is 6.80. The van der Waals surface area contributed by atoms with Crippen LogP contribution in [0, 0.1) is 18.8 Å². The SMILES string of the molecule is Cc1ccc(N(CC(C)C)CC(C)C(=O)O)cc1Cl. The predicted octanol–water partition coefficient (Wildman–Crippen LogP) is 3.83. The van der Waals surface area contributed by atoms with Gasteiger partial charge in [-0.05, 0) is 30.5 Å². The Morgan fingerprint density at radius 2 is 1.95 bits per heavy atom. The van der Waals surface area contributed by atoms with Gasteiger partial charge >= 0.3 is 5.97 Å². The quantitative estimate of drug-likeness (QED) is 0.862. The number of carboxylic acid groups (broad SMARTS) is 1. The number of carbonyl (C=O) groups is 1. The summed E-state index contributed by atoms with van der Waals surface area (Å²) in [6, 6.07) is 5.88. The molecule has 1 aromatic rings. The first-order valence-electron chi connectivity index (χ1n) is 6.55. The maximum atomic E-state index is 11.0. The first kappa shape index (κ1) is 15.8. The van der Waals surface area contributed by atoms with E-state index in [9.17, 15) is 4.79 Å². The van der Waals surface area contributed by atoms with Crippen molar-refractivity contribution in [2.75, 3.05) is 18.0 Å². The Labute approximate surface area is 120 Å². The lowest BCUT2D eigenvalue weighted by atomic mass is 10.1. The Balaban J connectivity index is 2.95. The normalized spacial score (nSPS) is 12.5. The molecule has 19 heavy (non-hydrogen) atoms. The average molecular weight is 284 g/mol. The molecule has 1 unspecified atom stereocenters. The van der Waals surface area contributed by atoms with Crippen LogP contribution in [0.3, 0.4) is 0 Å². The second-order valence-corrected chi connectivity index (χ2v) is 5.88. The van der Waals surface area contributed by atoms with Crippen molar-refractivity contribution in [3.8, 4) is 0 Å². The Morgan fingerprint density at radius 1 is 1.32 bits per heavy atom. The standard InChI is InChI=1S/C15H22ClNO2/c1-10(2)8-17(9-12(4)15(18)19)13-6-5-11(3)14(16)7-13/h5-7,10,12H,8-9H2,1-4H3,(H,18,19). The number of halogens is 1. The molecule has 0 aliphatic carbocycles. The molecule has 1 aromatic carbocycles. The fraction of sp³-hybridized carbons (Fsp3) is 0.533. The van der Waals surface area contributed by atoms with Crippen molar-refractivity contribution >= 4 is 23.3 Å². The Morgan fingerprint density at radius 3 is 2.42 bits per heavy atom. The molecular weight excluding hydrogens is 262 g/mol. The number of carboxylic acids is 1.